The van der Waals surface area contributed by atoms with Gasteiger partial charge in [0, 0.05) is 18.1 Å². The maximum Gasteiger partial charge on any atom is 0.325 e. The molecule has 1 spiro atoms. The van der Waals surface area contributed by atoms with E-state index < -0.39 is 5.54 Å². The predicted octanol–water partition coefficient (Wildman–Crippen LogP) is 3.94. The highest BCUT2D eigenvalue weighted by atomic mass is 32.2. The number of thioether (sulfide) groups is 1. The number of urea groups is 1. The molecule has 5 heteroatoms. The molecular weight excluding hydrogens is 332 g/mol. The van der Waals surface area contributed by atoms with Gasteiger partial charge < -0.3 is 5.32 Å². The molecule has 2 aromatic rings. The fourth-order valence-electron chi connectivity index (χ4n) is 3.95. The molecule has 0 unspecified atom stereocenters. The fourth-order valence-corrected chi connectivity index (χ4v) is 4.88. The number of carbonyl (C=O) groups excluding carboxylic acids is 2. The smallest absolute Gasteiger partial charge is 0.323 e. The maximum atomic E-state index is 12.6. The molecule has 2 aliphatic rings. The van der Waals surface area contributed by atoms with E-state index in [2.05, 4.69) is 47.8 Å². The second-order valence-electron chi connectivity index (χ2n) is 6.87. The number of imide groups is 1. The maximum absolute atomic E-state index is 12.6. The van der Waals surface area contributed by atoms with Gasteiger partial charge in [-0.2, -0.15) is 11.8 Å². The van der Waals surface area contributed by atoms with Crippen molar-refractivity contribution >= 4 is 34.5 Å². The Morgan fingerprint density at radius 3 is 2.64 bits per heavy atom. The highest BCUT2D eigenvalue weighted by Gasteiger charge is 2.51. The van der Waals surface area contributed by atoms with Crippen LogP contribution in [0.5, 0.6) is 0 Å². The second-order valence-corrected chi connectivity index (χ2v) is 7.97. The molecule has 4 nitrogen and oxygen atoms in total. The van der Waals surface area contributed by atoms with E-state index >= 15 is 0 Å². The van der Waals surface area contributed by atoms with E-state index in [4.69, 9.17) is 0 Å². The minimum Gasteiger partial charge on any atom is -0.323 e. The van der Waals surface area contributed by atoms with Crippen LogP contribution in [0.3, 0.4) is 0 Å². The number of rotatable bonds is 5. The summed E-state index contributed by atoms with van der Waals surface area (Å²) in [5.41, 5.74) is 0.713. The van der Waals surface area contributed by atoms with Crippen LogP contribution in [0.4, 0.5) is 4.79 Å². The molecule has 1 aliphatic heterocycles. The molecule has 1 heterocycles. The minimum absolute atomic E-state index is 0.0132. The highest BCUT2D eigenvalue weighted by Crippen LogP contribution is 2.35. The van der Waals surface area contributed by atoms with Gasteiger partial charge >= 0.3 is 6.03 Å². The van der Waals surface area contributed by atoms with Crippen LogP contribution in [0.1, 0.15) is 31.2 Å². The van der Waals surface area contributed by atoms with E-state index in [1.54, 1.807) is 11.8 Å². The lowest BCUT2D eigenvalue weighted by Gasteiger charge is -2.19. The van der Waals surface area contributed by atoms with Gasteiger partial charge in [0.1, 0.15) is 5.54 Å². The summed E-state index contributed by atoms with van der Waals surface area (Å²) in [6.07, 6.45) is 3.62. The number of nitrogens with one attached hydrogen (secondary N) is 1. The summed E-state index contributed by atoms with van der Waals surface area (Å²) in [7, 11) is 0. The molecular formula is C20H22N2O2S. The van der Waals surface area contributed by atoms with Gasteiger partial charge in [-0.3, -0.25) is 9.69 Å². The van der Waals surface area contributed by atoms with Gasteiger partial charge in [-0.05, 0) is 29.2 Å². The third-order valence-electron chi connectivity index (χ3n) is 5.30. The SMILES string of the molecule is O=C1NC2(CCCC2)C(=O)N1CCSCc1cccc2ccccc12. The van der Waals surface area contributed by atoms with Crippen LogP contribution < -0.4 is 5.32 Å². The molecule has 1 aliphatic carbocycles. The summed E-state index contributed by atoms with van der Waals surface area (Å²) in [5.74, 6) is 1.63. The van der Waals surface area contributed by atoms with Gasteiger partial charge in [0.05, 0.1) is 0 Å². The Labute approximate surface area is 152 Å². The average Bonchev–Trinajstić information content (AvgIpc) is 3.19. The van der Waals surface area contributed by atoms with E-state index in [9.17, 15) is 9.59 Å². The lowest BCUT2D eigenvalue weighted by Crippen LogP contribution is -2.44. The molecule has 0 radical (unpaired) electrons. The summed E-state index contributed by atoms with van der Waals surface area (Å²) >= 11 is 1.77. The number of hydrogen-bond donors (Lipinski definition) is 1. The van der Waals surface area contributed by atoms with Gasteiger partial charge in [-0.25, -0.2) is 4.79 Å². The van der Waals surface area contributed by atoms with Crippen molar-refractivity contribution in [1.82, 2.24) is 10.2 Å². The number of fused-ring (bicyclic) bond motifs is 1. The van der Waals surface area contributed by atoms with E-state index in [0.29, 0.717) is 6.54 Å². The Bertz CT molecular complexity index is 809. The number of benzene rings is 2. The molecule has 1 saturated heterocycles. The number of carbonyl (C=O) groups is 2. The molecule has 1 N–H and O–H groups in total. The van der Waals surface area contributed by atoms with Gasteiger partial charge in [-0.1, -0.05) is 55.3 Å². The van der Waals surface area contributed by atoms with Crippen LogP contribution in [0, 0.1) is 0 Å². The van der Waals surface area contributed by atoms with E-state index in [0.717, 1.165) is 37.2 Å². The zero-order chi connectivity index (χ0) is 17.3. The van der Waals surface area contributed by atoms with E-state index in [1.165, 1.54) is 21.2 Å². The van der Waals surface area contributed by atoms with Crippen molar-refractivity contribution in [2.24, 2.45) is 0 Å². The molecule has 0 atom stereocenters. The van der Waals surface area contributed by atoms with Crippen LogP contribution >= 0.6 is 11.8 Å². The molecule has 3 amide bonds. The first-order valence-electron chi connectivity index (χ1n) is 8.88. The molecule has 2 aromatic carbocycles. The van der Waals surface area contributed by atoms with Crippen molar-refractivity contribution in [3.05, 3.63) is 48.0 Å². The van der Waals surface area contributed by atoms with Crippen molar-refractivity contribution < 1.29 is 9.59 Å². The molecule has 2 fully saturated rings. The minimum atomic E-state index is -0.586. The van der Waals surface area contributed by atoms with Crippen molar-refractivity contribution in [3.8, 4) is 0 Å². The summed E-state index contributed by atoms with van der Waals surface area (Å²) < 4.78 is 0. The van der Waals surface area contributed by atoms with Crippen LogP contribution in [0.15, 0.2) is 42.5 Å². The van der Waals surface area contributed by atoms with Crippen LogP contribution in [0.25, 0.3) is 10.8 Å². The van der Waals surface area contributed by atoms with Gasteiger partial charge in [0.2, 0.25) is 0 Å². The number of nitrogens with zero attached hydrogens (tertiary/aromatic N) is 1. The van der Waals surface area contributed by atoms with Gasteiger partial charge in [0.15, 0.2) is 0 Å². The molecule has 25 heavy (non-hydrogen) atoms. The van der Waals surface area contributed by atoms with Crippen molar-refractivity contribution in [3.63, 3.8) is 0 Å². The zero-order valence-corrected chi connectivity index (χ0v) is 15.0. The van der Waals surface area contributed by atoms with Crippen LogP contribution in [-0.2, 0) is 10.5 Å². The molecule has 1 saturated carbocycles. The normalized spacial score (nSPS) is 19.1. The molecule has 4 rings (SSSR count). The molecule has 0 bridgehead atoms. The van der Waals surface area contributed by atoms with Gasteiger partial charge in [0.25, 0.3) is 5.91 Å². The second kappa shape index (κ2) is 6.71. The Balaban J connectivity index is 1.35. The first kappa shape index (κ1) is 16.5. The average molecular weight is 354 g/mol. The zero-order valence-electron chi connectivity index (χ0n) is 14.2. The standard InChI is InChI=1S/C20H22N2O2S/c23-18-20(10-3-4-11-20)21-19(24)22(18)12-13-25-14-16-8-5-7-15-6-1-2-9-17(15)16/h1-2,5-9H,3-4,10-14H2,(H,21,24). The lowest BCUT2D eigenvalue weighted by atomic mass is 9.98. The van der Waals surface area contributed by atoms with Crippen LogP contribution in [-0.4, -0.2) is 34.7 Å². The van der Waals surface area contributed by atoms with E-state index in [1.807, 2.05) is 0 Å². The highest BCUT2D eigenvalue weighted by molar-refractivity contribution is 7.98. The van der Waals surface area contributed by atoms with Gasteiger partial charge in [-0.15, -0.1) is 0 Å². The third-order valence-corrected chi connectivity index (χ3v) is 6.29. The van der Waals surface area contributed by atoms with E-state index in [-0.39, 0.29) is 11.9 Å². The summed E-state index contributed by atoms with van der Waals surface area (Å²) in [6.45, 7) is 0.488. The monoisotopic (exact) mass is 354 g/mol. The van der Waals surface area contributed by atoms with Crippen molar-refractivity contribution in [2.45, 2.75) is 37.0 Å². The largest absolute Gasteiger partial charge is 0.325 e. The first-order chi connectivity index (χ1) is 12.2. The number of amides is 3. The summed E-state index contributed by atoms with van der Waals surface area (Å²) in [6, 6.07) is 14.5. The topological polar surface area (TPSA) is 49.4 Å². The number of hydrogen-bond acceptors (Lipinski definition) is 3. The third kappa shape index (κ3) is 3.01. The first-order valence-corrected chi connectivity index (χ1v) is 10.0. The predicted molar refractivity (Wildman–Crippen MR) is 102 cm³/mol. The Morgan fingerprint density at radius 2 is 1.80 bits per heavy atom. The Morgan fingerprint density at radius 1 is 1.04 bits per heavy atom. The Hall–Kier alpha value is -2.01. The van der Waals surface area contributed by atoms with Crippen molar-refractivity contribution in [2.75, 3.05) is 12.3 Å². The summed E-state index contributed by atoms with van der Waals surface area (Å²) in [4.78, 5) is 26.2. The quantitative estimate of drug-likeness (QED) is 0.654. The Kier molecular flexibility index (Phi) is 4.42. The summed E-state index contributed by atoms with van der Waals surface area (Å²) in [5, 5.41) is 5.46. The fraction of sp³-hybridized carbons (Fsp3) is 0.400. The lowest BCUT2D eigenvalue weighted by molar-refractivity contribution is -0.130. The van der Waals surface area contributed by atoms with Crippen LogP contribution in [0.2, 0.25) is 0 Å². The molecule has 130 valence electrons. The van der Waals surface area contributed by atoms with Crippen molar-refractivity contribution in [1.29, 1.82) is 0 Å². The molecule has 0 aromatic heterocycles.